The molecular formula is C15H17ClN2O3S2. The molecule has 0 aliphatic rings. The first-order chi connectivity index (χ1) is 10.7. The summed E-state index contributed by atoms with van der Waals surface area (Å²) in [6, 6.07) is 10.4. The minimum Gasteiger partial charge on any atom is -0.314 e. The molecule has 0 aliphatic heterocycles. The average molecular weight is 373 g/mol. The molecule has 23 heavy (non-hydrogen) atoms. The van der Waals surface area contributed by atoms with Crippen molar-refractivity contribution in [3.05, 3.63) is 46.3 Å². The minimum atomic E-state index is -3.72. The molecular weight excluding hydrogens is 356 g/mol. The Morgan fingerprint density at radius 1 is 1.13 bits per heavy atom. The van der Waals surface area contributed by atoms with Gasteiger partial charge < -0.3 is 4.90 Å². The summed E-state index contributed by atoms with van der Waals surface area (Å²) in [4.78, 5) is 13.8. The molecule has 0 unspecified atom stereocenters. The number of aryl methyl sites for hydroxylation is 1. The fraction of sp³-hybridized carbons (Fsp3) is 0.267. The van der Waals surface area contributed by atoms with Gasteiger partial charge in [0.25, 0.3) is 10.0 Å². The molecule has 0 atom stereocenters. The maximum absolute atomic E-state index is 12.4. The molecule has 0 saturated heterocycles. The van der Waals surface area contributed by atoms with Gasteiger partial charge in [-0.2, -0.15) is 4.31 Å². The Bertz CT molecular complexity index is 800. The first-order valence-electron chi connectivity index (χ1n) is 6.76. The van der Waals surface area contributed by atoms with E-state index >= 15 is 0 Å². The summed E-state index contributed by atoms with van der Waals surface area (Å²) in [5.41, 5.74) is 1.80. The third-order valence-electron chi connectivity index (χ3n) is 3.37. The standard InChI is InChI=1S/C15H17ClN2O3S2/c1-11-4-6-12(7-5-11)18(3)14(19)10-17(2)23(20,21)15-9-8-13(16)22-15/h4-9H,10H2,1-3H3. The van der Waals surface area contributed by atoms with Crippen molar-refractivity contribution in [2.75, 3.05) is 25.5 Å². The topological polar surface area (TPSA) is 57.7 Å². The summed E-state index contributed by atoms with van der Waals surface area (Å²) in [5, 5.41) is 0. The Hall–Kier alpha value is -1.41. The van der Waals surface area contributed by atoms with E-state index in [1.54, 1.807) is 7.05 Å². The molecule has 1 aromatic carbocycles. The Labute approximate surface area is 145 Å². The van der Waals surface area contributed by atoms with Crippen LogP contribution in [-0.4, -0.2) is 39.3 Å². The van der Waals surface area contributed by atoms with Crippen LogP contribution in [0.25, 0.3) is 0 Å². The van der Waals surface area contributed by atoms with Gasteiger partial charge in [0.05, 0.1) is 10.9 Å². The van der Waals surface area contributed by atoms with Crippen LogP contribution in [0.1, 0.15) is 5.56 Å². The summed E-state index contributed by atoms with van der Waals surface area (Å²) >= 11 is 6.75. The number of nitrogens with zero attached hydrogens (tertiary/aromatic N) is 2. The second-order valence-electron chi connectivity index (χ2n) is 5.11. The lowest BCUT2D eigenvalue weighted by atomic mass is 10.2. The third kappa shape index (κ3) is 4.11. The first-order valence-corrected chi connectivity index (χ1v) is 9.40. The van der Waals surface area contributed by atoms with Gasteiger partial charge >= 0.3 is 0 Å². The summed E-state index contributed by atoms with van der Waals surface area (Å²) in [6.07, 6.45) is 0. The molecule has 1 heterocycles. The largest absolute Gasteiger partial charge is 0.314 e. The van der Waals surface area contributed by atoms with E-state index in [-0.39, 0.29) is 16.7 Å². The SMILES string of the molecule is Cc1ccc(N(C)C(=O)CN(C)S(=O)(=O)c2ccc(Cl)s2)cc1. The molecule has 5 nitrogen and oxygen atoms in total. The zero-order valence-electron chi connectivity index (χ0n) is 13.0. The number of halogens is 1. The van der Waals surface area contributed by atoms with Crippen molar-refractivity contribution >= 4 is 44.6 Å². The normalized spacial score (nSPS) is 11.7. The zero-order chi connectivity index (χ0) is 17.2. The van der Waals surface area contributed by atoms with E-state index in [2.05, 4.69) is 0 Å². The summed E-state index contributed by atoms with van der Waals surface area (Å²) < 4.78 is 26.3. The number of likely N-dealkylation sites (N-methyl/N-ethyl adjacent to an activating group) is 2. The van der Waals surface area contributed by atoms with Gasteiger partial charge in [-0.15, -0.1) is 11.3 Å². The third-order valence-corrected chi connectivity index (χ3v) is 6.87. The van der Waals surface area contributed by atoms with Crippen molar-refractivity contribution in [2.45, 2.75) is 11.1 Å². The number of amides is 1. The molecule has 1 amide bonds. The van der Waals surface area contributed by atoms with Gasteiger partial charge in [0.2, 0.25) is 5.91 Å². The first kappa shape index (κ1) is 17.9. The van der Waals surface area contributed by atoms with E-state index in [4.69, 9.17) is 11.6 Å². The fourth-order valence-electron chi connectivity index (χ4n) is 1.88. The van der Waals surface area contributed by atoms with Gasteiger partial charge in [-0.1, -0.05) is 29.3 Å². The van der Waals surface area contributed by atoms with E-state index in [1.165, 1.54) is 24.1 Å². The number of anilines is 1. The summed E-state index contributed by atoms with van der Waals surface area (Å²) in [6.45, 7) is 1.71. The molecule has 0 fully saturated rings. The molecule has 2 rings (SSSR count). The van der Waals surface area contributed by atoms with Gasteiger partial charge in [-0.3, -0.25) is 4.79 Å². The molecule has 1 aromatic heterocycles. The molecule has 124 valence electrons. The van der Waals surface area contributed by atoms with Crippen LogP contribution in [0.5, 0.6) is 0 Å². The molecule has 0 bridgehead atoms. The fourth-order valence-corrected chi connectivity index (χ4v) is 4.70. The Morgan fingerprint density at radius 3 is 2.26 bits per heavy atom. The number of benzene rings is 1. The van der Waals surface area contributed by atoms with Crippen LogP contribution in [0.3, 0.4) is 0 Å². The van der Waals surface area contributed by atoms with Crippen LogP contribution >= 0.6 is 22.9 Å². The Balaban J connectivity index is 2.11. The smallest absolute Gasteiger partial charge is 0.252 e. The molecule has 0 spiro atoms. The van der Waals surface area contributed by atoms with Crippen molar-refractivity contribution < 1.29 is 13.2 Å². The lowest BCUT2D eigenvalue weighted by Crippen LogP contribution is -2.39. The van der Waals surface area contributed by atoms with E-state index in [0.717, 1.165) is 21.2 Å². The maximum atomic E-state index is 12.4. The molecule has 0 radical (unpaired) electrons. The van der Waals surface area contributed by atoms with Crippen LogP contribution < -0.4 is 4.90 Å². The van der Waals surface area contributed by atoms with Crippen molar-refractivity contribution in [3.8, 4) is 0 Å². The summed E-state index contributed by atoms with van der Waals surface area (Å²) in [5.74, 6) is -0.317. The van der Waals surface area contributed by atoms with Crippen molar-refractivity contribution in [3.63, 3.8) is 0 Å². The van der Waals surface area contributed by atoms with Crippen LogP contribution in [0.15, 0.2) is 40.6 Å². The number of rotatable bonds is 5. The number of hydrogen-bond acceptors (Lipinski definition) is 4. The Kier molecular flexibility index (Phi) is 5.46. The van der Waals surface area contributed by atoms with Crippen molar-refractivity contribution in [1.29, 1.82) is 0 Å². The highest BCUT2D eigenvalue weighted by Crippen LogP contribution is 2.27. The number of sulfonamides is 1. The maximum Gasteiger partial charge on any atom is 0.252 e. The van der Waals surface area contributed by atoms with Gasteiger partial charge in [-0.25, -0.2) is 8.42 Å². The quantitative estimate of drug-likeness (QED) is 0.810. The highest BCUT2D eigenvalue weighted by atomic mass is 35.5. The molecule has 2 aromatic rings. The van der Waals surface area contributed by atoms with E-state index in [1.807, 2.05) is 31.2 Å². The van der Waals surface area contributed by atoms with Crippen LogP contribution in [0.4, 0.5) is 5.69 Å². The second-order valence-corrected chi connectivity index (χ2v) is 9.09. The molecule has 8 heteroatoms. The summed E-state index contributed by atoms with van der Waals surface area (Å²) in [7, 11) is -0.716. The van der Waals surface area contributed by atoms with Crippen LogP contribution in [0.2, 0.25) is 4.34 Å². The van der Waals surface area contributed by atoms with Crippen LogP contribution in [0, 0.1) is 6.92 Å². The number of carbonyl (C=O) groups is 1. The monoisotopic (exact) mass is 372 g/mol. The van der Waals surface area contributed by atoms with E-state index < -0.39 is 10.0 Å². The Morgan fingerprint density at radius 2 is 1.74 bits per heavy atom. The lowest BCUT2D eigenvalue weighted by molar-refractivity contribution is -0.118. The van der Waals surface area contributed by atoms with Gasteiger partial charge in [0, 0.05) is 19.8 Å². The second kappa shape index (κ2) is 7.00. The zero-order valence-corrected chi connectivity index (χ0v) is 15.4. The van der Waals surface area contributed by atoms with Crippen LogP contribution in [-0.2, 0) is 14.8 Å². The van der Waals surface area contributed by atoms with E-state index in [9.17, 15) is 13.2 Å². The highest BCUT2D eigenvalue weighted by Gasteiger charge is 2.26. The number of carbonyl (C=O) groups excluding carboxylic acids is 1. The van der Waals surface area contributed by atoms with Crippen molar-refractivity contribution in [2.24, 2.45) is 0 Å². The lowest BCUT2D eigenvalue weighted by Gasteiger charge is -2.21. The van der Waals surface area contributed by atoms with Gasteiger partial charge in [-0.05, 0) is 31.2 Å². The number of hydrogen-bond donors (Lipinski definition) is 0. The van der Waals surface area contributed by atoms with Crippen molar-refractivity contribution in [1.82, 2.24) is 4.31 Å². The van der Waals surface area contributed by atoms with E-state index in [0.29, 0.717) is 10.0 Å². The van der Waals surface area contributed by atoms with Gasteiger partial charge in [0.15, 0.2) is 0 Å². The molecule has 0 aliphatic carbocycles. The average Bonchev–Trinajstić information content (AvgIpc) is 2.94. The minimum absolute atomic E-state index is 0.121. The molecule has 0 saturated carbocycles. The molecule has 0 N–H and O–H groups in total. The predicted octanol–water partition coefficient (Wildman–Crippen LogP) is 2.99. The highest BCUT2D eigenvalue weighted by molar-refractivity contribution is 7.91. The predicted molar refractivity (Wildman–Crippen MR) is 93.7 cm³/mol. The number of thiophene rings is 1. The van der Waals surface area contributed by atoms with Gasteiger partial charge in [0.1, 0.15) is 4.21 Å².